The van der Waals surface area contributed by atoms with E-state index in [1.54, 1.807) is 11.3 Å². The highest BCUT2D eigenvalue weighted by Crippen LogP contribution is 2.27. The number of anilines is 1. The van der Waals surface area contributed by atoms with Crippen molar-refractivity contribution in [2.24, 2.45) is 0 Å². The van der Waals surface area contributed by atoms with E-state index in [-0.39, 0.29) is 6.04 Å². The smallest absolute Gasteiger partial charge is 0.0795 e. The summed E-state index contributed by atoms with van der Waals surface area (Å²) in [7, 11) is 0. The first-order chi connectivity index (χ1) is 8.84. The lowest BCUT2D eigenvalue weighted by atomic mass is 10.1. The van der Waals surface area contributed by atoms with Crippen LogP contribution >= 0.6 is 11.3 Å². The SMILES string of the molecule is CC(Nc1cccc2ncccc12)c1cncs1. The van der Waals surface area contributed by atoms with E-state index in [1.165, 1.54) is 4.88 Å². The molecule has 0 saturated heterocycles. The third-order valence-corrected chi connectivity index (χ3v) is 3.85. The van der Waals surface area contributed by atoms with Gasteiger partial charge in [-0.1, -0.05) is 6.07 Å². The van der Waals surface area contributed by atoms with Gasteiger partial charge in [-0.25, -0.2) is 0 Å². The van der Waals surface area contributed by atoms with Crippen LogP contribution in [0.25, 0.3) is 10.9 Å². The standard InChI is InChI=1S/C14H13N3S/c1-10(14-8-15-9-18-14)17-13-6-2-5-12-11(13)4-3-7-16-12/h2-10,17H,1H3. The monoisotopic (exact) mass is 255 g/mol. The molecule has 2 aromatic heterocycles. The fraction of sp³-hybridized carbons (Fsp3) is 0.143. The lowest BCUT2D eigenvalue weighted by molar-refractivity contribution is 0.906. The molecule has 3 rings (SSSR count). The van der Waals surface area contributed by atoms with Crippen molar-refractivity contribution in [1.82, 2.24) is 9.97 Å². The zero-order valence-electron chi connectivity index (χ0n) is 10.00. The van der Waals surface area contributed by atoms with Gasteiger partial charge in [-0.2, -0.15) is 0 Å². The van der Waals surface area contributed by atoms with Gasteiger partial charge in [0.05, 0.1) is 17.1 Å². The van der Waals surface area contributed by atoms with E-state index in [4.69, 9.17) is 0 Å². The van der Waals surface area contributed by atoms with Gasteiger partial charge < -0.3 is 5.32 Å². The molecule has 1 atom stereocenters. The van der Waals surface area contributed by atoms with E-state index in [0.29, 0.717) is 0 Å². The molecule has 1 N–H and O–H groups in total. The lowest BCUT2D eigenvalue weighted by Crippen LogP contribution is -2.05. The number of hydrogen-bond donors (Lipinski definition) is 1. The van der Waals surface area contributed by atoms with Gasteiger partial charge in [0.15, 0.2) is 0 Å². The molecule has 0 aliphatic rings. The molecule has 3 aromatic rings. The van der Waals surface area contributed by atoms with E-state index >= 15 is 0 Å². The van der Waals surface area contributed by atoms with Gasteiger partial charge in [0.1, 0.15) is 0 Å². The average molecular weight is 255 g/mol. The zero-order chi connectivity index (χ0) is 12.4. The number of fused-ring (bicyclic) bond motifs is 1. The third kappa shape index (κ3) is 2.07. The summed E-state index contributed by atoms with van der Waals surface area (Å²) in [5, 5.41) is 4.67. The average Bonchev–Trinajstić information content (AvgIpc) is 2.93. The topological polar surface area (TPSA) is 37.8 Å². The molecule has 4 heteroatoms. The number of pyridine rings is 1. The Morgan fingerprint density at radius 1 is 1.22 bits per heavy atom. The third-order valence-electron chi connectivity index (χ3n) is 2.90. The second-order valence-electron chi connectivity index (χ2n) is 4.15. The largest absolute Gasteiger partial charge is 0.377 e. The number of rotatable bonds is 3. The lowest BCUT2D eigenvalue weighted by Gasteiger charge is -2.14. The van der Waals surface area contributed by atoms with Crippen molar-refractivity contribution in [3.05, 3.63) is 53.1 Å². The Bertz CT molecular complexity index is 644. The highest BCUT2D eigenvalue weighted by atomic mass is 32.1. The maximum Gasteiger partial charge on any atom is 0.0795 e. The summed E-state index contributed by atoms with van der Waals surface area (Å²) in [5.41, 5.74) is 3.98. The van der Waals surface area contributed by atoms with Crippen molar-refractivity contribution in [2.45, 2.75) is 13.0 Å². The Morgan fingerprint density at radius 2 is 2.17 bits per heavy atom. The molecule has 0 aliphatic carbocycles. The predicted molar refractivity (Wildman–Crippen MR) is 75.9 cm³/mol. The Hall–Kier alpha value is -1.94. The second kappa shape index (κ2) is 4.74. The van der Waals surface area contributed by atoms with Gasteiger partial charge in [0.25, 0.3) is 0 Å². The van der Waals surface area contributed by atoms with Crippen molar-refractivity contribution in [1.29, 1.82) is 0 Å². The molecular weight excluding hydrogens is 242 g/mol. The summed E-state index contributed by atoms with van der Waals surface area (Å²) in [6.07, 6.45) is 3.73. The molecule has 0 radical (unpaired) electrons. The van der Waals surface area contributed by atoms with Crippen molar-refractivity contribution in [2.75, 3.05) is 5.32 Å². The van der Waals surface area contributed by atoms with Gasteiger partial charge in [-0.05, 0) is 31.2 Å². The normalized spacial score (nSPS) is 12.5. The molecule has 1 unspecified atom stereocenters. The molecule has 0 spiro atoms. The molecular formula is C14H13N3S. The maximum absolute atomic E-state index is 4.36. The van der Waals surface area contributed by atoms with Crippen molar-refractivity contribution in [3.63, 3.8) is 0 Å². The van der Waals surface area contributed by atoms with Crippen LogP contribution < -0.4 is 5.32 Å². The molecule has 90 valence electrons. The van der Waals surface area contributed by atoms with Gasteiger partial charge in [0.2, 0.25) is 0 Å². The highest BCUT2D eigenvalue weighted by Gasteiger charge is 2.08. The molecule has 1 aromatic carbocycles. The fourth-order valence-corrected chi connectivity index (χ4v) is 2.60. The number of thiazole rings is 1. The number of benzene rings is 1. The van der Waals surface area contributed by atoms with E-state index in [9.17, 15) is 0 Å². The molecule has 2 heterocycles. The van der Waals surface area contributed by atoms with Crippen LogP contribution in [-0.4, -0.2) is 9.97 Å². The Labute approximate surface area is 110 Å². The maximum atomic E-state index is 4.36. The first kappa shape index (κ1) is 11.2. The summed E-state index contributed by atoms with van der Waals surface area (Å²) in [4.78, 5) is 9.71. The quantitative estimate of drug-likeness (QED) is 0.772. The minimum absolute atomic E-state index is 0.253. The van der Waals surface area contributed by atoms with Gasteiger partial charge >= 0.3 is 0 Å². The van der Waals surface area contributed by atoms with Gasteiger partial charge in [0, 0.05) is 28.3 Å². The van der Waals surface area contributed by atoms with E-state index in [2.05, 4.69) is 34.3 Å². The van der Waals surface area contributed by atoms with Crippen LogP contribution in [0.5, 0.6) is 0 Å². The van der Waals surface area contributed by atoms with Crippen molar-refractivity contribution >= 4 is 27.9 Å². The second-order valence-corrected chi connectivity index (χ2v) is 5.06. The molecule has 0 amide bonds. The fourth-order valence-electron chi connectivity index (χ4n) is 1.97. The van der Waals surface area contributed by atoms with E-state index in [0.717, 1.165) is 16.6 Å². The Morgan fingerprint density at radius 3 is 3.00 bits per heavy atom. The molecule has 0 bridgehead atoms. The number of hydrogen-bond acceptors (Lipinski definition) is 4. The van der Waals surface area contributed by atoms with Crippen LogP contribution in [0.4, 0.5) is 5.69 Å². The van der Waals surface area contributed by atoms with Crippen LogP contribution in [0.2, 0.25) is 0 Å². The summed E-state index contributed by atoms with van der Waals surface area (Å²) in [6.45, 7) is 2.14. The number of nitrogens with one attached hydrogen (secondary N) is 1. The minimum atomic E-state index is 0.253. The first-order valence-corrected chi connectivity index (χ1v) is 6.71. The van der Waals surface area contributed by atoms with E-state index < -0.39 is 0 Å². The van der Waals surface area contributed by atoms with Crippen molar-refractivity contribution < 1.29 is 0 Å². The molecule has 18 heavy (non-hydrogen) atoms. The summed E-state index contributed by atoms with van der Waals surface area (Å²) < 4.78 is 0. The van der Waals surface area contributed by atoms with Gasteiger partial charge in [-0.3, -0.25) is 9.97 Å². The molecule has 3 nitrogen and oxygen atoms in total. The molecule has 0 fully saturated rings. The summed E-state index contributed by atoms with van der Waals surface area (Å²) in [6, 6.07) is 10.4. The Kier molecular flexibility index (Phi) is 2.94. The minimum Gasteiger partial charge on any atom is -0.377 e. The van der Waals surface area contributed by atoms with Crippen LogP contribution in [0.3, 0.4) is 0 Å². The molecule has 0 saturated carbocycles. The Balaban J connectivity index is 1.95. The van der Waals surface area contributed by atoms with Gasteiger partial charge in [-0.15, -0.1) is 11.3 Å². The zero-order valence-corrected chi connectivity index (χ0v) is 10.8. The van der Waals surface area contributed by atoms with Crippen LogP contribution in [0.1, 0.15) is 17.8 Å². The highest BCUT2D eigenvalue weighted by molar-refractivity contribution is 7.09. The van der Waals surface area contributed by atoms with Crippen LogP contribution in [0.15, 0.2) is 48.2 Å². The molecule has 0 aliphatic heterocycles. The summed E-state index contributed by atoms with van der Waals surface area (Å²) >= 11 is 1.67. The predicted octanol–water partition coefficient (Wildman–Crippen LogP) is 3.86. The van der Waals surface area contributed by atoms with Crippen LogP contribution in [0, 0.1) is 0 Å². The summed E-state index contributed by atoms with van der Waals surface area (Å²) in [5.74, 6) is 0. The number of nitrogens with zero attached hydrogens (tertiary/aromatic N) is 2. The van der Waals surface area contributed by atoms with E-state index in [1.807, 2.05) is 36.1 Å². The van der Waals surface area contributed by atoms with Crippen molar-refractivity contribution in [3.8, 4) is 0 Å². The first-order valence-electron chi connectivity index (χ1n) is 5.83. The number of aromatic nitrogens is 2. The van der Waals surface area contributed by atoms with Crippen LogP contribution in [-0.2, 0) is 0 Å².